The predicted molar refractivity (Wildman–Crippen MR) is 57.8 cm³/mol. The van der Waals surface area contributed by atoms with Gasteiger partial charge in [0, 0.05) is 17.7 Å². The number of phenolic OH excluding ortho intramolecular Hbond substituents is 2. The lowest BCUT2D eigenvalue weighted by Gasteiger charge is -2.17. The summed E-state index contributed by atoms with van der Waals surface area (Å²) in [5.41, 5.74) is 6.59. The molecule has 0 aliphatic rings. The Morgan fingerprint density at radius 2 is 1.87 bits per heavy atom. The van der Waals surface area contributed by atoms with E-state index < -0.39 is 12.1 Å². The number of rotatable bonds is 3. The van der Waals surface area contributed by atoms with Crippen LogP contribution in [0.2, 0.25) is 0 Å². The summed E-state index contributed by atoms with van der Waals surface area (Å²) in [6.45, 7) is 3.54. The number of aliphatic hydroxyl groups is 1. The van der Waals surface area contributed by atoms with Crippen LogP contribution < -0.4 is 5.73 Å². The minimum Gasteiger partial charge on any atom is -0.508 e. The van der Waals surface area contributed by atoms with Gasteiger partial charge in [-0.1, -0.05) is 6.92 Å². The molecule has 0 aliphatic carbocycles. The van der Waals surface area contributed by atoms with Gasteiger partial charge in [-0.05, 0) is 25.0 Å². The lowest BCUT2D eigenvalue weighted by atomic mass is 9.99. The molecule has 0 saturated carbocycles. The Morgan fingerprint density at radius 1 is 1.27 bits per heavy atom. The molecule has 2 atom stereocenters. The summed E-state index contributed by atoms with van der Waals surface area (Å²) in [7, 11) is 0. The molecule has 0 aliphatic heterocycles. The lowest BCUT2D eigenvalue weighted by Crippen LogP contribution is -2.24. The van der Waals surface area contributed by atoms with Gasteiger partial charge in [0.25, 0.3) is 0 Å². The maximum Gasteiger partial charge on any atom is 0.125 e. The zero-order valence-corrected chi connectivity index (χ0v) is 8.94. The molecule has 1 aromatic carbocycles. The van der Waals surface area contributed by atoms with Gasteiger partial charge in [0.1, 0.15) is 11.5 Å². The molecule has 15 heavy (non-hydrogen) atoms. The van der Waals surface area contributed by atoms with Gasteiger partial charge in [-0.25, -0.2) is 0 Å². The highest BCUT2D eigenvalue weighted by Crippen LogP contribution is 2.32. The van der Waals surface area contributed by atoms with Gasteiger partial charge < -0.3 is 21.1 Å². The van der Waals surface area contributed by atoms with Gasteiger partial charge in [0.05, 0.1) is 6.10 Å². The summed E-state index contributed by atoms with van der Waals surface area (Å²) in [4.78, 5) is 0. The molecule has 4 nitrogen and oxygen atoms in total. The second kappa shape index (κ2) is 4.51. The molecular weight excluding hydrogens is 194 g/mol. The fourth-order valence-corrected chi connectivity index (χ4v) is 1.44. The fourth-order valence-electron chi connectivity index (χ4n) is 1.44. The van der Waals surface area contributed by atoms with Crippen LogP contribution in [0, 0.1) is 0 Å². The summed E-state index contributed by atoms with van der Waals surface area (Å²) in [5, 5.41) is 28.7. The smallest absolute Gasteiger partial charge is 0.125 e. The summed E-state index contributed by atoms with van der Waals surface area (Å²) in [5.74, 6) is -0.0925. The van der Waals surface area contributed by atoms with E-state index in [-0.39, 0.29) is 11.5 Å². The molecular formula is C11H17NO3. The Kier molecular flexibility index (Phi) is 3.55. The van der Waals surface area contributed by atoms with Crippen molar-refractivity contribution >= 4 is 0 Å². The van der Waals surface area contributed by atoms with Crippen LogP contribution in [0.5, 0.6) is 11.5 Å². The third-order valence-corrected chi connectivity index (χ3v) is 2.43. The summed E-state index contributed by atoms with van der Waals surface area (Å²) >= 11 is 0. The van der Waals surface area contributed by atoms with Crippen LogP contribution in [0.25, 0.3) is 0 Å². The summed E-state index contributed by atoms with van der Waals surface area (Å²) in [6.07, 6.45) is -0.291. The van der Waals surface area contributed by atoms with Crippen molar-refractivity contribution in [3.63, 3.8) is 0 Å². The monoisotopic (exact) mass is 211 g/mol. The van der Waals surface area contributed by atoms with E-state index in [4.69, 9.17) is 5.73 Å². The zero-order chi connectivity index (χ0) is 11.6. The van der Waals surface area contributed by atoms with Crippen molar-refractivity contribution in [1.29, 1.82) is 0 Å². The maximum absolute atomic E-state index is 9.72. The van der Waals surface area contributed by atoms with E-state index in [0.717, 1.165) is 0 Å². The molecule has 0 radical (unpaired) electrons. The van der Waals surface area contributed by atoms with E-state index in [1.807, 2.05) is 6.92 Å². The third-order valence-electron chi connectivity index (χ3n) is 2.43. The Labute approximate surface area is 89.0 Å². The minimum atomic E-state index is -0.920. The first-order valence-corrected chi connectivity index (χ1v) is 4.95. The SMILES string of the molecule is CCc1cc(C(O)C(C)N)c(O)cc1O. The molecule has 0 spiro atoms. The van der Waals surface area contributed by atoms with Gasteiger partial charge >= 0.3 is 0 Å². The third kappa shape index (κ3) is 2.40. The van der Waals surface area contributed by atoms with Crippen LogP contribution in [0.15, 0.2) is 12.1 Å². The maximum atomic E-state index is 9.72. The Morgan fingerprint density at radius 3 is 2.33 bits per heavy atom. The highest BCUT2D eigenvalue weighted by Gasteiger charge is 2.18. The molecule has 0 amide bonds. The number of aliphatic hydroxyl groups excluding tert-OH is 1. The first-order valence-electron chi connectivity index (χ1n) is 4.95. The predicted octanol–water partition coefficient (Wildman–Crippen LogP) is 1.04. The number of hydrogen-bond donors (Lipinski definition) is 4. The van der Waals surface area contributed by atoms with Crippen LogP contribution in [0.1, 0.15) is 31.1 Å². The van der Waals surface area contributed by atoms with Crippen molar-refractivity contribution < 1.29 is 15.3 Å². The average molecular weight is 211 g/mol. The second-order valence-corrected chi connectivity index (χ2v) is 3.70. The minimum absolute atomic E-state index is 0.0376. The summed E-state index contributed by atoms with van der Waals surface area (Å²) in [6, 6.07) is 2.35. The van der Waals surface area contributed by atoms with E-state index in [1.54, 1.807) is 13.0 Å². The second-order valence-electron chi connectivity index (χ2n) is 3.70. The molecule has 1 rings (SSSR count). The topological polar surface area (TPSA) is 86.7 Å². The fraction of sp³-hybridized carbons (Fsp3) is 0.455. The molecule has 1 aromatic rings. The molecule has 0 saturated heterocycles. The van der Waals surface area contributed by atoms with Crippen molar-refractivity contribution in [3.8, 4) is 11.5 Å². The van der Waals surface area contributed by atoms with Gasteiger partial charge in [-0.2, -0.15) is 0 Å². The number of nitrogens with two attached hydrogens (primary N) is 1. The van der Waals surface area contributed by atoms with Crippen LogP contribution in [0.4, 0.5) is 0 Å². The summed E-state index contributed by atoms with van der Waals surface area (Å²) < 4.78 is 0. The van der Waals surface area contributed by atoms with Crippen molar-refractivity contribution in [1.82, 2.24) is 0 Å². The number of aromatic hydroxyl groups is 2. The van der Waals surface area contributed by atoms with Gasteiger partial charge in [0.2, 0.25) is 0 Å². The number of hydrogen-bond acceptors (Lipinski definition) is 4. The quantitative estimate of drug-likeness (QED) is 0.601. The molecule has 84 valence electrons. The van der Waals surface area contributed by atoms with Crippen molar-refractivity contribution in [3.05, 3.63) is 23.3 Å². The first-order chi connectivity index (χ1) is 6.97. The van der Waals surface area contributed by atoms with Crippen molar-refractivity contribution in [2.75, 3.05) is 0 Å². The average Bonchev–Trinajstić information content (AvgIpc) is 2.17. The number of aryl methyl sites for hydroxylation is 1. The standard InChI is InChI=1S/C11H17NO3/c1-3-7-4-8(11(15)6(2)12)10(14)5-9(7)13/h4-6,11,13-15H,3,12H2,1-2H3. The number of phenols is 2. The van der Waals surface area contributed by atoms with Gasteiger partial charge in [-0.15, -0.1) is 0 Å². The normalized spacial score (nSPS) is 14.9. The van der Waals surface area contributed by atoms with Crippen molar-refractivity contribution in [2.24, 2.45) is 5.73 Å². The zero-order valence-electron chi connectivity index (χ0n) is 8.94. The first kappa shape index (κ1) is 11.8. The molecule has 0 fully saturated rings. The van der Waals surface area contributed by atoms with E-state index in [2.05, 4.69) is 0 Å². The molecule has 0 heterocycles. The molecule has 2 unspecified atom stereocenters. The molecule has 4 heteroatoms. The van der Waals surface area contributed by atoms with Gasteiger partial charge in [-0.3, -0.25) is 0 Å². The van der Waals surface area contributed by atoms with Crippen LogP contribution in [0.3, 0.4) is 0 Å². The number of benzene rings is 1. The Bertz CT molecular complexity index is 350. The van der Waals surface area contributed by atoms with E-state index in [1.165, 1.54) is 6.07 Å². The van der Waals surface area contributed by atoms with Crippen molar-refractivity contribution in [2.45, 2.75) is 32.4 Å². The Balaban J connectivity index is 3.18. The Hall–Kier alpha value is -1.26. The highest BCUT2D eigenvalue weighted by molar-refractivity contribution is 5.46. The molecule has 0 aromatic heterocycles. The lowest BCUT2D eigenvalue weighted by molar-refractivity contribution is 0.149. The van der Waals surface area contributed by atoms with Crippen LogP contribution in [-0.2, 0) is 6.42 Å². The highest BCUT2D eigenvalue weighted by atomic mass is 16.3. The van der Waals surface area contributed by atoms with E-state index in [9.17, 15) is 15.3 Å². The largest absolute Gasteiger partial charge is 0.508 e. The molecule has 0 bridgehead atoms. The van der Waals surface area contributed by atoms with Gasteiger partial charge in [0.15, 0.2) is 0 Å². The van der Waals surface area contributed by atoms with Crippen LogP contribution >= 0.6 is 0 Å². The van der Waals surface area contributed by atoms with E-state index >= 15 is 0 Å². The molecule has 5 N–H and O–H groups in total. The van der Waals surface area contributed by atoms with Crippen LogP contribution in [-0.4, -0.2) is 21.4 Å². The van der Waals surface area contributed by atoms with E-state index in [0.29, 0.717) is 17.5 Å².